The zero-order valence-corrected chi connectivity index (χ0v) is 20.3. The fraction of sp³-hybridized carbons (Fsp3) is 0.333. The number of thioether (sulfide) groups is 1. The van der Waals surface area contributed by atoms with Crippen LogP contribution in [0.4, 0.5) is 4.39 Å². The van der Waals surface area contributed by atoms with Gasteiger partial charge >= 0.3 is 0 Å². The van der Waals surface area contributed by atoms with Crippen molar-refractivity contribution in [2.75, 3.05) is 13.1 Å². The number of piperidine rings is 1. The number of hydrogen-bond acceptors (Lipinski definition) is 6. The van der Waals surface area contributed by atoms with Crippen LogP contribution in [0.5, 0.6) is 0 Å². The summed E-state index contributed by atoms with van der Waals surface area (Å²) in [7, 11) is 0. The molecule has 0 saturated carbocycles. The molecule has 1 atom stereocenters. The first-order valence-corrected chi connectivity index (χ1v) is 12.6. The molecule has 1 aliphatic rings. The third-order valence-corrected chi connectivity index (χ3v) is 7.27. The van der Waals surface area contributed by atoms with Crippen LogP contribution < -0.4 is 5.56 Å². The molecule has 1 aromatic carbocycles. The number of aromatic nitrogens is 5. The van der Waals surface area contributed by atoms with E-state index < -0.39 is 0 Å². The van der Waals surface area contributed by atoms with Crippen LogP contribution in [0.1, 0.15) is 43.7 Å². The van der Waals surface area contributed by atoms with E-state index in [1.165, 1.54) is 53.6 Å². The summed E-state index contributed by atoms with van der Waals surface area (Å²) in [5.41, 5.74) is 1.78. The van der Waals surface area contributed by atoms with Crippen LogP contribution >= 0.6 is 23.4 Å². The maximum absolute atomic E-state index is 13.6. The van der Waals surface area contributed by atoms with Gasteiger partial charge in [-0.15, -0.1) is 10.2 Å². The molecule has 34 heavy (non-hydrogen) atoms. The highest BCUT2D eigenvalue weighted by Crippen LogP contribution is 2.30. The Morgan fingerprint density at radius 2 is 1.85 bits per heavy atom. The number of nitrogens with zero attached hydrogens (tertiary/aromatic N) is 6. The van der Waals surface area contributed by atoms with Gasteiger partial charge in [-0.2, -0.15) is 0 Å². The first kappa shape index (κ1) is 23.0. The summed E-state index contributed by atoms with van der Waals surface area (Å²) in [4.78, 5) is 19.5. The van der Waals surface area contributed by atoms with Gasteiger partial charge in [0.25, 0.3) is 5.56 Å². The van der Waals surface area contributed by atoms with Gasteiger partial charge in [0, 0.05) is 23.7 Å². The normalized spacial score (nSPS) is 15.6. The van der Waals surface area contributed by atoms with Crippen molar-refractivity contribution in [1.29, 1.82) is 0 Å². The van der Waals surface area contributed by atoms with Crippen molar-refractivity contribution in [3.05, 3.63) is 81.4 Å². The minimum atomic E-state index is -0.294. The van der Waals surface area contributed by atoms with Gasteiger partial charge in [0.15, 0.2) is 11.0 Å². The van der Waals surface area contributed by atoms with E-state index in [1.807, 2.05) is 4.57 Å². The molecule has 1 saturated heterocycles. The van der Waals surface area contributed by atoms with Crippen LogP contribution in [0, 0.1) is 5.82 Å². The minimum Gasteiger partial charge on any atom is -0.294 e. The smallest absolute Gasteiger partial charge is 0.258 e. The molecule has 0 aliphatic carbocycles. The van der Waals surface area contributed by atoms with E-state index in [0.29, 0.717) is 27.3 Å². The lowest BCUT2D eigenvalue weighted by atomic mass is 10.1. The fourth-order valence-electron chi connectivity index (χ4n) is 4.29. The van der Waals surface area contributed by atoms with E-state index in [4.69, 9.17) is 11.6 Å². The molecule has 4 heterocycles. The van der Waals surface area contributed by atoms with Gasteiger partial charge in [0.05, 0.1) is 16.8 Å². The number of halogens is 2. The first-order valence-electron chi connectivity index (χ1n) is 11.3. The summed E-state index contributed by atoms with van der Waals surface area (Å²) in [6.07, 6.45) is 5.15. The molecule has 0 bridgehead atoms. The van der Waals surface area contributed by atoms with Gasteiger partial charge < -0.3 is 0 Å². The number of pyridine rings is 1. The molecule has 0 unspecified atom stereocenters. The van der Waals surface area contributed by atoms with Crippen LogP contribution in [0.25, 0.3) is 11.3 Å². The Hall–Kier alpha value is -2.75. The molecule has 1 aliphatic heterocycles. The van der Waals surface area contributed by atoms with Gasteiger partial charge in [0.1, 0.15) is 11.5 Å². The molecule has 7 nitrogen and oxygen atoms in total. The van der Waals surface area contributed by atoms with Gasteiger partial charge in [-0.05, 0) is 69.3 Å². The zero-order chi connectivity index (χ0) is 23.7. The van der Waals surface area contributed by atoms with Crippen molar-refractivity contribution in [3.8, 4) is 5.69 Å². The van der Waals surface area contributed by atoms with Crippen molar-refractivity contribution in [1.82, 2.24) is 29.0 Å². The topological polar surface area (TPSA) is 68.3 Å². The van der Waals surface area contributed by atoms with Crippen molar-refractivity contribution in [2.24, 2.45) is 0 Å². The molecule has 0 N–H and O–H groups in total. The maximum Gasteiger partial charge on any atom is 0.258 e. The van der Waals surface area contributed by atoms with Crippen molar-refractivity contribution < 1.29 is 4.39 Å². The quantitative estimate of drug-likeness (QED) is 0.352. The second kappa shape index (κ2) is 9.85. The Labute approximate surface area is 205 Å². The minimum absolute atomic E-state index is 0.0698. The van der Waals surface area contributed by atoms with Crippen LogP contribution in [0.15, 0.2) is 58.6 Å². The SMILES string of the molecule is C[C@@H](c1nnc(SCc2cc(=O)n3cc(Cl)ccc3n2)n1-c1ccc(F)cc1)N1CCCCC1. The summed E-state index contributed by atoms with van der Waals surface area (Å²) in [5.74, 6) is 0.959. The predicted molar refractivity (Wildman–Crippen MR) is 131 cm³/mol. The van der Waals surface area contributed by atoms with Crippen molar-refractivity contribution >= 4 is 29.0 Å². The molecular formula is C24H24ClFN6OS. The van der Waals surface area contributed by atoms with E-state index in [9.17, 15) is 9.18 Å². The molecule has 0 amide bonds. The predicted octanol–water partition coefficient (Wildman–Crippen LogP) is 4.91. The van der Waals surface area contributed by atoms with E-state index in [-0.39, 0.29) is 17.4 Å². The van der Waals surface area contributed by atoms with Crippen molar-refractivity contribution in [2.45, 2.75) is 43.1 Å². The Balaban J connectivity index is 1.47. The van der Waals surface area contributed by atoms with Gasteiger partial charge in [-0.3, -0.25) is 18.7 Å². The molecular weight excluding hydrogens is 475 g/mol. The fourth-order valence-corrected chi connectivity index (χ4v) is 5.30. The second-order valence-corrected chi connectivity index (χ2v) is 9.75. The number of hydrogen-bond donors (Lipinski definition) is 0. The first-order chi connectivity index (χ1) is 16.5. The third-order valence-electron chi connectivity index (χ3n) is 6.08. The van der Waals surface area contributed by atoms with E-state index in [2.05, 4.69) is 27.0 Å². The monoisotopic (exact) mass is 498 g/mol. The number of benzene rings is 1. The summed E-state index contributed by atoms with van der Waals surface area (Å²) in [6, 6.07) is 11.4. The average molecular weight is 499 g/mol. The highest BCUT2D eigenvalue weighted by atomic mass is 35.5. The lowest BCUT2D eigenvalue weighted by molar-refractivity contribution is 0.167. The lowest BCUT2D eigenvalue weighted by Gasteiger charge is -2.31. The van der Waals surface area contributed by atoms with Crippen LogP contribution in [0.3, 0.4) is 0 Å². The Bertz CT molecular complexity index is 1370. The lowest BCUT2D eigenvalue weighted by Crippen LogP contribution is -2.33. The maximum atomic E-state index is 13.6. The second-order valence-electron chi connectivity index (χ2n) is 8.38. The molecule has 5 rings (SSSR count). The van der Waals surface area contributed by atoms with Gasteiger partial charge in [0.2, 0.25) is 0 Å². The molecule has 0 radical (unpaired) electrons. The molecule has 1 fully saturated rings. The average Bonchev–Trinajstić information content (AvgIpc) is 3.27. The number of rotatable bonds is 6. The molecule has 0 spiro atoms. The van der Waals surface area contributed by atoms with E-state index in [0.717, 1.165) is 24.6 Å². The molecule has 10 heteroatoms. The summed E-state index contributed by atoms with van der Waals surface area (Å²) in [6.45, 7) is 4.19. The molecule has 176 valence electrons. The zero-order valence-electron chi connectivity index (χ0n) is 18.7. The largest absolute Gasteiger partial charge is 0.294 e. The number of likely N-dealkylation sites (tertiary alicyclic amines) is 1. The summed E-state index contributed by atoms with van der Waals surface area (Å²) < 4.78 is 17.0. The van der Waals surface area contributed by atoms with Crippen LogP contribution in [0.2, 0.25) is 5.02 Å². The van der Waals surface area contributed by atoms with E-state index >= 15 is 0 Å². The summed E-state index contributed by atoms with van der Waals surface area (Å²) >= 11 is 7.45. The van der Waals surface area contributed by atoms with Gasteiger partial charge in [-0.25, -0.2) is 9.37 Å². The van der Waals surface area contributed by atoms with Crippen molar-refractivity contribution in [3.63, 3.8) is 0 Å². The Kier molecular flexibility index (Phi) is 6.67. The Morgan fingerprint density at radius 1 is 1.09 bits per heavy atom. The van der Waals surface area contributed by atoms with E-state index in [1.54, 1.807) is 30.5 Å². The highest BCUT2D eigenvalue weighted by Gasteiger charge is 2.25. The molecule has 3 aromatic heterocycles. The Morgan fingerprint density at radius 3 is 2.62 bits per heavy atom. The summed E-state index contributed by atoms with van der Waals surface area (Å²) in [5, 5.41) is 10.1. The van der Waals surface area contributed by atoms with Crippen LogP contribution in [-0.2, 0) is 5.75 Å². The molecule has 4 aromatic rings. The number of fused-ring (bicyclic) bond motifs is 1. The highest BCUT2D eigenvalue weighted by molar-refractivity contribution is 7.98. The third kappa shape index (κ3) is 4.73. The van der Waals surface area contributed by atoms with Crippen LogP contribution in [-0.4, -0.2) is 42.1 Å². The standard InChI is InChI=1S/C24H24ClFN6OS/c1-16(30-11-3-2-4-12-30)23-28-29-24(32(23)20-8-6-18(26)7-9-20)34-15-19-13-22(33)31-14-17(25)5-10-21(31)27-19/h5-10,13-14,16H,2-4,11-12,15H2,1H3/t16-/m0/s1. The van der Waals surface area contributed by atoms with Gasteiger partial charge in [-0.1, -0.05) is 29.8 Å².